The minimum Gasteiger partial charge on any atom is -0.243 e. The second-order valence-electron chi connectivity index (χ2n) is 4.85. The molecule has 2 aliphatic rings. The van der Waals surface area contributed by atoms with Crippen LogP contribution in [0.3, 0.4) is 0 Å². The van der Waals surface area contributed by atoms with Crippen LogP contribution in [0.15, 0.2) is 23.4 Å². The van der Waals surface area contributed by atoms with Gasteiger partial charge in [0.05, 0.1) is 5.56 Å². The molecule has 0 aromatic carbocycles. The van der Waals surface area contributed by atoms with Gasteiger partial charge in [-0.1, -0.05) is 0 Å². The fraction of sp³-hybridized carbons (Fsp3) is 0.545. The number of fused-ring (bicyclic) bond motifs is 1. The van der Waals surface area contributed by atoms with Crippen LogP contribution < -0.4 is 0 Å². The van der Waals surface area contributed by atoms with Crippen molar-refractivity contribution in [3.63, 3.8) is 0 Å². The van der Waals surface area contributed by atoms with E-state index >= 15 is 0 Å². The Morgan fingerprint density at radius 2 is 2.05 bits per heavy atom. The molecule has 2 atom stereocenters. The molecule has 0 N–H and O–H groups in total. The zero-order chi connectivity index (χ0) is 13.8. The highest BCUT2D eigenvalue weighted by molar-refractivity contribution is 7.89. The number of aromatic nitrogens is 1. The van der Waals surface area contributed by atoms with Crippen molar-refractivity contribution < 1.29 is 21.6 Å². The van der Waals surface area contributed by atoms with Gasteiger partial charge in [0.15, 0.2) is 5.03 Å². The van der Waals surface area contributed by atoms with Gasteiger partial charge in [0.2, 0.25) is 0 Å². The molecule has 8 heteroatoms. The summed E-state index contributed by atoms with van der Waals surface area (Å²) >= 11 is 0. The smallest absolute Gasteiger partial charge is 0.243 e. The molecule has 1 aromatic rings. The van der Waals surface area contributed by atoms with E-state index in [9.17, 15) is 21.6 Å². The van der Waals surface area contributed by atoms with Crippen LogP contribution >= 0.6 is 0 Å². The predicted octanol–water partition coefficient (Wildman–Crippen LogP) is 1.88. The monoisotopic (exact) mass is 292 g/mol. The summed E-state index contributed by atoms with van der Waals surface area (Å²) in [6, 6.07) is 1.70. The van der Waals surface area contributed by atoms with Crippen LogP contribution in [0.4, 0.5) is 13.2 Å². The predicted molar refractivity (Wildman–Crippen MR) is 59.6 cm³/mol. The van der Waals surface area contributed by atoms with Gasteiger partial charge < -0.3 is 0 Å². The zero-order valence-corrected chi connectivity index (χ0v) is 10.6. The molecule has 0 spiro atoms. The number of alkyl halides is 3. The lowest BCUT2D eigenvalue weighted by Gasteiger charge is -2.17. The number of sulfonamides is 1. The number of pyridine rings is 1. The van der Waals surface area contributed by atoms with E-state index < -0.39 is 21.8 Å². The molecule has 0 bridgehead atoms. The fourth-order valence-corrected chi connectivity index (χ4v) is 4.10. The number of halogens is 3. The molecule has 3 rings (SSSR count). The first kappa shape index (κ1) is 12.9. The number of rotatable bonds is 2. The standard InChI is InChI=1S/C11H11F3N2O2S/c12-11(13,14)8-1-2-10(15-6-8)19(17,18)16-4-3-7-5-9(7)16/h1-2,6-7,9H,3-5H2. The highest BCUT2D eigenvalue weighted by Crippen LogP contribution is 2.46. The Kier molecular flexibility index (Phi) is 2.66. The second-order valence-corrected chi connectivity index (χ2v) is 6.69. The first-order chi connectivity index (χ1) is 8.80. The van der Waals surface area contributed by atoms with E-state index in [2.05, 4.69) is 4.98 Å². The largest absolute Gasteiger partial charge is 0.417 e. The Morgan fingerprint density at radius 1 is 1.32 bits per heavy atom. The van der Waals surface area contributed by atoms with E-state index in [1.54, 1.807) is 0 Å². The molecule has 0 amide bonds. The van der Waals surface area contributed by atoms with Gasteiger partial charge >= 0.3 is 6.18 Å². The molecule has 1 saturated heterocycles. The fourth-order valence-electron chi connectivity index (χ4n) is 2.47. The number of piperidine rings is 1. The summed E-state index contributed by atoms with van der Waals surface area (Å²) in [5.41, 5.74) is -0.947. The van der Waals surface area contributed by atoms with Crippen LogP contribution in [0.2, 0.25) is 0 Å². The Morgan fingerprint density at radius 3 is 2.47 bits per heavy atom. The van der Waals surface area contributed by atoms with E-state index in [-0.39, 0.29) is 11.1 Å². The number of nitrogens with zero attached hydrogens (tertiary/aromatic N) is 2. The molecule has 4 nitrogen and oxygen atoms in total. The number of hydrogen-bond donors (Lipinski definition) is 0. The molecule has 1 aliphatic heterocycles. The van der Waals surface area contributed by atoms with Gasteiger partial charge in [-0.25, -0.2) is 13.4 Å². The third kappa shape index (κ3) is 2.12. The SMILES string of the molecule is O=S(=O)(c1ccc(C(F)(F)F)cn1)N1CCC2CC21. The molecule has 1 aliphatic carbocycles. The maximum absolute atomic E-state index is 12.4. The molecule has 19 heavy (non-hydrogen) atoms. The van der Waals surface area contributed by atoms with Gasteiger partial charge in [0.1, 0.15) is 0 Å². The quantitative estimate of drug-likeness (QED) is 0.836. The lowest BCUT2D eigenvalue weighted by molar-refractivity contribution is -0.137. The zero-order valence-electron chi connectivity index (χ0n) is 9.76. The molecule has 104 valence electrons. The van der Waals surface area contributed by atoms with Crippen LogP contribution in [0.5, 0.6) is 0 Å². The van der Waals surface area contributed by atoms with E-state index in [1.807, 2.05) is 0 Å². The molecular formula is C11H11F3N2O2S. The molecule has 2 unspecified atom stereocenters. The van der Waals surface area contributed by atoms with Crippen LogP contribution in [-0.2, 0) is 16.2 Å². The van der Waals surface area contributed by atoms with Crippen LogP contribution in [0.25, 0.3) is 0 Å². The van der Waals surface area contributed by atoms with Crippen molar-refractivity contribution in [3.05, 3.63) is 23.9 Å². The normalized spacial score (nSPS) is 27.3. The second kappa shape index (κ2) is 3.92. The van der Waals surface area contributed by atoms with Gasteiger partial charge in [-0.3, -0.25) is 0 Å². The summed E-state index contributed by atoms with van der Waals surface area (Å²) in [5.74, 6) is 0.421. The Balaban J connectivity index is 1.89. The van der Waals surface area contributed by atoms with E-state index in [4.69, 9.17) is 0 Å². The van der Waals surface area contributed by atoms with Crippen molar-refractivity contribution in [2.75, 3.05) is 6.54 Å². The summed E-state index contributed by atoms with van der Waals surface area (Å²) in [5, 5.41) is -0.312. The highest BCUT2D eigenvalue weighted by Gasteiger charge is 2.52. The lowest BCUT2D eigenvalue weighted by Crippen LogP contribution is -2.31. The van der Waals surface area contributed by atoms with Gasteiger partial charge in [0, 0.05) is 18.8 Å². The maximum atomic E-state index is 12.4. The molecule has 1 saturated carbocycles. The van der Waals surface area contributed by atoms with Crippen molar-refractivity contribution in [2.45, 2.75) is 30.1 Å². The van der Waals surface area contributed by atoms with Gasteiger partial charge in [-0.15, -0.1) is 0 Å². The third-order valence-electron chi connectivity index (χ3n) is 3.61. The first-order valence-corrected chi connectivity index (χ1v) is 7.29. The summed E-state index contributed by atoms with van der Waals surface area (Å²) in [6.45, 7) is 0.431. The lowest BCUT2D eigenvalue weighted by atomic mass is 10.3. The van der Waals surface area contributed by atoms with Crippen molar-refractivity contribution in [3.8, 4) is 0 Å². The number of hydrogen-bond acceptors (Lipinski definition) is 3. The third-order valence-corrected chi connectivity index (χ3v) is 5.45. The molecular weight excluding hydrogens is 281 g/mol. The van der Waals surface area contributed by atoms with Gasteiger partial charge in [-0.2, -0.15) is 17.5 Å². The van der Waals surface area contributed by atoms with Crippen molar-refractivity contribution in [1.29, 1.82) is 0 Å². The van der Waals surface area contributed by atoms with Crippen molar-refractivity contribution in [2.24, 2.45) is 5.92 Å². The summed E-state index contributed by atoms with van der Waals surface area (Å²) in [6.07, 6.45) is -2.28. The van der Waals surface area contributed by atoms with E-state index in [1.165, 1.54) is 4.31 Å². The minimum absolute atomic E-state index is 0.0223. The van der Waals surface area contributed by atoms with Gasteiger partial charge in [-0.05, 0) is 30.9 Å². The average Bonchev–Trinajstić information content (AvgIpc) is 2.98. The summed E-state index contributed by atoms with van der Waals surface area (Å²) < 4.78 is 62.9. The van der Waals surface area contributed by atoms with Crippen LogP contribution in [0.1, 0.15) is 18.4 Å². The minimum atomic E-state index is -4.51. The Hall–Kier alpha value is -1.15. The summed E-state index contributed by atoms with van der Waals surface area (Å²) in [4.78, 5) is 3.46. The topological polar surface area (TPSA) is 50.3 Å². The van der Waals surface area contributed by atoms with Crippen molar-refractivity contribution >= 4 is 10.0 Å². The Bertz CT molecular complexity index is 597. The molecule has 0 radical (unpaired) electrons. The molecule has 1 aromatic heterocycles. The van der Waals surface area contributed by atoms with E-state index in [0.717, 1.165) is 25.0 Å². The maximum Gasteiger partial charge on any atom is 0.417 e. The average molecular weight is 292 g/mol. The van der Waals surface area contributed by atoms with Crippen molar-refractivity contribution in [1.82, 2.24) is 9.29 Å². The van der Waals surface area contributed by atoms with Gasteiger partial charge in [0.25, 0.3) is 10.0 Å². The van der Waals surface area contributed by atoms with E-state index in [0.29, 0.717) is 18.7 Å². The highest BCUT2D eigenvalue weighted by atomic mass is 32.2. The van der Waals surface area contributed by atoms with Crippen LogP contribution in [0, 0.1) is 5.92 Å². The summed E-state index contributed by atoms with van der Waals surface area (Å²) in [7, 11) is -3.75. The molecule has 2 heterocycles. The molecule has 2 fully saturated rings. The Labute approximate surface area is 108 Å². The van der Waals surface area contributed by atoms with Crippen LogP contribution in [-0.4, -0.2) is 30.3 Å². The first-order valence-electron chi connectivity index (χ1n) is 5.85.